The van der Waals surface area contributed by atoms with Crippen LogP contribution in [-0.4, -0.2) is 25.2 Å². The highest BCUT2D eigenvalue weighted by Crippen LogP contribution is 2.27. The summed E-state index contributed by atoms with van der Waals surface area (Å²) < 4.78 is 5.25. The molecular weight excluding hydrogens is 378 g/mol. The van der Waals surface area contributed by atoms with Gasteiger partial charge in [-0.05, 0) is 30.2 Å². The van der Waals surface area contributed by atoms with Crippen LogP contribution in [0.3, 0.4) is 0 Å². The van der Waals surface area contributed by atoms with Gasteiger partial charge in [0.1, 0.15) is 0 Å². The van der Waals surface area contributed by atoms with E-state index in [2.05, 4.69) is 16.0 Å². The molecule has 6 nitrogen and oxygen atoms in total. The van der Waals surface area contributed by atoms with Gasteiger partial charge in [0.25, 0.3) is 0 Å². The number of carbonyl (C=O) groups excluding carboxylic acids is 2. The molecule has 0 fully saturated rings. The number of hydrogen-bond acceptors (Lipinski definition) is 4. The molecule has 0 aliphatic carbocycles. The van der Waals surface area contributed by atoms with Crippen molar-refractivity contribution in [1.82, 2.24) is 16.0 Å². The van der Waals surface area contributed by atoms with Crippen molar-refractivity contribution >= 4 is 23.6 Å². The van der Waals surface area contributed by atoms with E-state index in [9.17, 15) is 9.59 Å². The van der Waals surface area contributed by atoms with Gasteiger partial charge in [-0.2, -0.15) is 0 Å². The van der Waals surface area contributed by atoms with Crippen LogP contribution in [0, 0.1) is 0 Å². The number of benzene rings is 2. The van der Waals surface area contributed by atoms with Crippen molar-refractivity contribution < 1.29 is 14.3 Å². The molecule has 0 saturated carbocycles. The molecule has 146 valence electrons. The van der Waals surface area contributed by atoms with E-state index in [1.807, 2.05) is 54.6 Å². The zero-order chi connectivity index (χ0) is 19.9. The van der Waals surface area contributed by atoms with Crippen molar-refractivity contribution in [2.24, 2.45) is 0 Å². The predicted molar refractivity (Wildman–Crippen MR) is 108 cm³/mol. The van der Waals surface area contributed by atoms with Crippen molar-refractivity contribution in [3.05, 3.63) is 82.0 Å². The first-order valence-corrected chi connectivity index (χ1v) is 9.44. The van der Waals surface area contributed by atoms with Gasteiger partial charge in [0.15, 0.2) is 0 Å². The fraction of sp³-hybridized carbons (Fsp3) is 0.238. The SMILES string of the molecule is CCOC(=O)C1=C(CNCc2ccc(Cl)cc2)NC(=O)N[C@H]1c1ccccc1. The molecule has 1 atom stereocenters. The molecule has 0 saturated heterocycles. The van der Waals surface area contributed by atoms with E-state index in [-0.39, 0.29) is 12.6 Å². The van der Waals surface area contributed by atoms with Crippen molar-refractivity contribution in [2.45, 2.75) is 19.5 Å². The second-order valence-electron chi connectivity index (χ2n) is 6.28. The maximum absolute atomic E-state index is 12.7. The zero-order valence-electron chi connectivity index (χ0n) is 15.5. The summed E-state index contributed by atoms with van der Waals surface area (Å²) in [5.41, 5.74) is 2.76. The van der Waals surface area contributed by atoms with E-state index in [1.165, 1.54) is 0 Å². The van der Waals surface area contributed by atoms with Gasteiger partial charge in [-0.15, -0.1) is 0 Å². The highest BCUT2D eigenvalue weighted by atomic mass is 35.5. The number of nitrogens with one attached hydrogen (secondary N) is 3. The van der Waals surface area contributed by atoms with Crippen LogP contribution in [-0.2, 0) is 16.1 Å². The monoisotopic (exact) mass is 399 g/mol. The second kappa shape index (κ2) is 9.39. The molecule has 0 unspecified atom stereocenters. The van der Waals surface area contributed by atoms with Crippen molar-refractivity contribution in [1.29, 1.82) is 0 Å². The molecule has 0 aromatic heterocycles. The molecule has 3 N–H and O–H groups in total. The normalized spacial score (nSPS) is 16.4. The quantitative estimate of drug-likeness (QED) is 0.624. The Morgan fingerprint density at radius 3 is 2.50 bits per heavy atom. The van der Waals surface area contributed by atoms with E-state index >= 15 is 0 Å². The summed E-state index contributed by atoms with van der Waals surface area (Å²) in [6.45, 7) is 2.89. The molecule has 2 aromatic rings. The van der Waals surface area contributed by atoms with Crippen LogP contribution < -0.4 is 16.0 Å². The molecule has 28 heavy (non-hydrogen) atoms. The first-order chi connectivity index (χ1) is 13.6. The molecule has 1 aliphatic rings. The third kappa shape index (κ3) is 4.91. The van der Waals surface area contributed by atoms with Crippen LogP contribution >= 0.6 is 11.6 Å². The van der Waals surface area contributed by atoms with E-state index < -0.39 is 12.0 Å². The Balaban J connectivity index is 1.84. The highest BCUT2D eigenvalue weighted by molar-refractivity contribution is 6.30. The summed E-state index contributed by atoms with van der Waals surface area (Å²) >= 11 is 5.91. The Morgan fingerprint density at radius 2 is 1.82 bits per heavy atom. The summed E-state index contributed by atoms with van der Waals surface area (Å²) in [6.07, 6.45) is 0. The molecular formula is C21H22ClN3O3. The molecule has 1 aliphatic heterocycles. The Bertz CT molecular complexity index is 866. The lowest BCUT2D eigenvalue weighted by Crippen LogP contribution is -2.48. The fourth-order valence-corrected chi connectivity index (χ4v) is 3.16. The molecule has 0 bridgehead atoms. The van der Waals surface area contributed by atoms with Gasteiger partial charge in [0.05, 0.1) is 18.2 Å². The topological polar surface area (TPSA) is 79.5 Å². The van der Waals surface area contributed by atoms with Gasteiger partial charge in [-0.1, -0.05) is 54.1 Å². The van der Waals surface area contributed by atoms with E-state index in [0.717, 1.165) is 11.1 Å². The van der Waals surface area contributed by atoms with Crippen LogP contribution in [0.1, 0.15) is 24.1 Å². The summed E-state index contributed by atoms with van der Waals surface area (Å²) in [5.74, 6) is -0.452. The van der Waals surface area contributed by atoms with Crippen LogP contribution in [0.15, 0.2) is 65.9 Å². The number of amides is 2. The lowest BCUT2D eigenvalue weighted by Gasteiger charge is -2.29. The maximum atomic E-state index is 12.7. The number of rotatable bonds is 7. The third-order valence-corrected chi connectivity index (χ3v) is 4.58. The molecule has 2 amide bonds. The van der Waals surface area contributed by atoms with Gasteiger partial charge in [0, 0.05) is 23.8 Å². The number of urea groups is 1. The Kier molecular flexibility index (Phi) is 6.68. The lowest BCUT2D eigenvalue weighted by molar-refractivity contribution is -0.139. The minimum Gasteiger partial charge on any atom is -0.463 e. The standard InChI is InChI=1S/C21H22ClN3O3/c1-2-28-20(26)18-17(13-23-12-14-8-10-16(22)11-9-14)24-21(27)25-19(18)15-6-4-3-5-7-15/h3-11,19,23H,2,12-13H2,1H3,(H2,24,25,27)/t19-/m0/s1. The van der Waals surface area contributed by atoms with Crippen LogP contribution in [0.25, 0.3) is 0 Å². The number of carbonyl (C=O) groups is 2. The summed E-state index contributed by atoms with van der Waals surface area (Å²) in [4.78, 5) is 24.9. The maximum Gasteiger partial charge on any atom is 0.338 e. The minimum atomic E-state index is -0.568. The Morgan fingerprint density at radius 1 is 1.11 bits per heavy atom. The molecule has 7 heteroatoms. The van der Waals surface area contributed by atoms with Crippen molar-refractivity contribution in [3.63, 3.8) is 0 Å². The second-order valence-corrected chi connectivity index (χ2v) is 6.72. The Labute approximate surface area is 168 Å². The number of ether oxygens (including phenoxy) is 1. The molecule has 2 aromatic carbocycles. The van der Waals surface area contributed by atoms with Crippen molar-refractivity contribution in [2.75, 3.05) is 13.2 Å². The number of esters is 1. The smallest absolute Gasteiger partial charge is 0.338 e. The van der Waals surface area contributed by atoms with Crippen LogP contribution in [0.5, 0.6) is 0 Å². The number of hydrogen-bond donors (Lipinski definition) is 3. The predicted octanol–water partition coefficient (Wildman–Crippen LogP) is 3.30. The highest BCUT2D eigenvalue weighted by Gasteiger charge is 2.33. The zero-order valence-corrected chi connectivity index (χ0v) is 16.3. The average Bonchev–Trinajstić information content (AvgIpc) is 2.70. The van der Waals surface area contributed by atoms with Gasteiger partial charge in [-0.3, -0.25) is 0 Å². The summed E-state index contributed by atoms with van der Waals surface area (Å²) in [5, 5.41) is 9.49. The molecule has 1 heterocycles. The lowest BCUT2D eigenvalue weighted by atomic mass is 9.95. The van der Waals surface area contributed by atoms with Gasteiger partial charge in [0.2, 0.25) is 0 Å². The molecule has 3 rings (SSSR count). The van der Waals surface area contributed by atoms with E-state index in [0.29, 0.717) is 29.4 Å². The first kappa shape index (κ1) is 19.9. The summed E-state index contributed by atoms with van der Waals surface area (Å²) in [7, 11) is 0. The third-order valence-electron chi connectivity index (χ3n) is 4.33. The van der Waals surface area contributed by atoms with Crippen LogP contribution in [0.4, 0.5) is 4.79 Å². The number of halogens is 1. The van der Waals surface area contributed by atoms with Crippen LogP contribution in [0.2, 0.25) is 5.02 Å². The minimum absolute atomic E-state index is 0.253. The van der Waals surface area contributed by atoms with E-state index in [4.69, 9.17) is 16.3 Å². The molecule has 0 radical (unpaired) electrons. The molecule has 0 spiro atoms. The summed E-state index contributed by atoms with van der Waals surface area (Å²) in [6, 6.07) is 15.9. The largest absolute Gasteiger partial charge is 0.463 e. The van der Waals surface area contributed by atoms with Gasteiger partial charge in [-0.25, -0.2) is 9.59 Å². The first-order valence-electron chi connectivity index (χ1n) is 9.06. The average molecular weight is 400 g/mol. The van der Waals surface area contributed by atoms with Gasteiger partial charge < -0.3 is 20.7 Å². The Hall–Kier alpha value is -2.83. The van der Waals surface area contributed by atoms with Gasteiger partial charge >= 0.3 is 12.0 Å². The van der Waals surface area contributed by atoms with E-state index in [1.54, 1.807) is 6.92 Å². The fourth-order valence-electron chi connectivity index (χ4n) is 3.04. The van der Waals surface area contributed by atoms with Crippen molar-refractivity contribution in [3.8, 4) is 0 Å².